The number of nitrogens with zero attached hydrogens (tertiary/aromatic N) is 2. The highest BCUT2D eigenvalue weighted by Crippen LogP contribution is 2.29. The number of methoxy groups -OCH3 is 1. The second-order valence-electron chi connectivity index (χ2n) is 5.16. The quantitative estimate of drug-likeness (QED) is 0.889. The van der Waals surface area contributed by atoms with Crippen LogP contribution in [0.3, 0.4) is 0 Å². The first-order valence-corrected chi connectivity index (χ1v) is 8.08. The van der Waals surface area contributed by atoms with E-state index >= 15 is 0 Å². The van der Waals surface area contributed by atoms with Crippen LogP contribution in [-0.4, -0.2) is 23.6 Å². The van der Waals surface area contributed by atoms with E-state index in [2.05, 4.69) is 36.1 Å². The summed E-state index contributed by atoms with van der Waals surface area (Å²) in [6.07, 6.45) is 2.74. The molecule has 0 saturated carbocycles. The second-order valence-corrected chi connectivity index (χ2v) is 6.05. The highest BCUT2D eigenvalue weighted by molar-refractivity contribution is 7.09. The van der Waals surface area contributed by atoms with Gasteiger partial charge in [-0.15, -0.1) is 11.3 Å². The van der Waals surface area contributed by atoms with Gasteiger partial charge in [-0.1, -0.05) is 6.92 Å². The van der Waals surface area contributed by atoms with Crippen molar-refractivity contribution in [3.8, 4) is 5.75 Å². The third-order valence-corrected chi connectivity index (χ3v) is 4.74. The first-order chi connectivity index (χ1) is 10.1. The van der Waals surface area contributed by atoms with E-state index in [0.29, 0.717) is 0 Å². The third-order valence-electron chi connectivity index (χ3n) is 3.70. The maximum absolute atomic E-state index is 5.50. The predicted octanol–water partition coefficient (Wildman–Crippen LogP) is 3.37. The van der Waals surface area contributed by atoms with E-state index in [1.807, 2.05) is 18.6 Å². The van der Waals surface area contributed by atoms with E-state index in [9.17, 15) is 0 Å². The summed E-state index contributed by atoms with van der Waals surface area (Å²) in [5.41, 5.74) is 6.29. The fourth-order valence-electron chi connectivity index (χ4n) is 2.62. The van der Waals surface area contributed by atoms with E-state index in [4.69, 9.17) is 4.74 Å². The average Bonchev–Trinajstić information content (AvgIpc) is 2.88. The molecule has 0 aliphatic carbocycles. The number of aryl methyl sites for hydroxylation is 2. The summed E-state index contributed by atoms with van der Waals surface area (Å²) in [5.74, 6) is 0.941. The zero-order valence-corrected chi connectivity index (χ0v) is 14.2. The predicted molar refractivity (Wildman–Crippen MR) is 87.2 cm³/mol. The minimum absolute atomic E-state index is 0.251. The van der Waals surface area contributed by atoms with Crippen LogP contribution >= 0.6 is 11.3 Å². The molecule has 1 N–H and O–H groups in total. The molecule has 1 unspecified atom stereocenters. The molecule has 1 atom stereocenters. The first-order valence-electron chi connectivity index (χ1n) is 7.20. The number of rotatable bonds is 6. The lowest BCUT2D eigenvalue weighted by molar-refractivity contribution is 0.406. The molecule has 2 heterocycles. The number of thiazole rings is 1. The Morgan fingerprint density at radius 1 is 1.29 bits per heavy atom. The van der Waals surface area contributed by atoms with Crippen LogP contribution in [0.5, 0.6) is 5.75 Å². The molecule has 4 nitrogen and oxygen atoms in total. The van der Waals surface area contributed by atoms with E-state index in [0.717, 1.165) is 41.2 Å². The van der Waals surface area contributed by atoms with E-state index in [1.54, 1.807) is 18.4 Å². The number of likely N-dealkylation sites (N-methyl/N-ethyl adjacent to an activating group) is 1. The van der Waals surface area contributed by atoms with Crippen molar-refractivity contribution in [1.82, 2.24) is 15.3 Å². The Balaban J connectivity index is 2.32. The van der Waals surface area contributed by atoms with Gasteiger partial charge in [-0.2, -0.15) is 0 Å². The highest BCUT2D eigenvalue weighted by atomic mass is 32.1. The molecule has 0 fully saturated rings. The molecule has 0 aliphatic heterocycles. The number of hydrogen-bond donors (Lipinski definition) is 1. The van der Waals surface area contributed by atoms with Gasteiger partial charge in [0.2, 0.25) is 0 Å². The van der Waals surface area contributed by atoms with Gasteiger partial charge in [0, 0.05) is 40.4 Å². The molecule has 0 amide bonds. The monoisotopic (exact) mass is 305 g/mol. The van der Waals surface area contributed by atoms with Crippen LogP contribution in [0.25, 0.3) is 0 Å². The second kappa shape index (κ2) is 7.00. The molecule has 0 aromatic carbocycles. The lowest BCUT2D eigenvalue weighted by Crippen LogP contribution is -2.23. The third kappa shape index (κ3) is 3.41. The molecule has 0 bridgehead atoms. The summed E-state index contributed by atoms with van der Waals surface area (Å²) in [5, 5.41) is 3.54. The van der Waals surface area contributed by atoms with Crippen LogP contribution < -0.4 is 10.1 Å². The Hall–Kier alpha value is -1.46. The van der Waals surface area contributed by atoms with Crippen molar-refractivity contribution in [2.75, 3.05) is 13.7 Å². The Morgan fingerprint density at radius 3 is 2.62 bits per heavy atom. The van der Waals surface area contributed by atoms with Gasteiger partial charge in [-0.25, -0.2) is 4.98 Å². The van der Waals surface area contributed by atoms with Crippen LogP contribution in [0.4, 0.5) is 0 Å². The molecule has 0 spiro atoms. The largest absolute Gasteiger partial charge is 0.496 e. The summed E-state index contributed by atoms with van der Waals surface area (Å²) in [4.78, 5) is 10.3. The molecule has 0 saturated heterocycles. The Morgan fingerprint density at radius 2 is 2.05 bits per heavy atom. The molecule has 0 aliphatic rings. The zero-order chi connectivity index (χ0) is 15.4. The average molecular weight is 305 g/mol. The fourth-order valence-corrected chi connectivity index (χ4v) is 3.50. The normalized spacial score (nSPS) is 12.4. The van der Waals surface area contributed by atoms with Crippen molar-refractivity contribution in [3.05, 3.63) is 39.1 Å². The van der Waals surface area contributed by atoms with Crippen molar-refractivity contribution in [3.63, 3.8) is 0 Å². The lowest BCUT2D eigenvalue weighted by atomic mass is 10.0. The van der Waals surface area contributed by atoms with Gasteiger partial charge in [0.25, 0.3) is 0 Å². The van der Waals surface area contributed by atoms with Crippen LogP contribution in [0, 0.1) is 20.8 Å². The molecule has 21 heavy (non-hydrogen) atoms. The molecule has 0 radical (unpaired) electrons. The molecule has 2 aromatic rings. The fraction of sp³-hybridized carbons (Fsp3) is 0.500. The molecular formula is C16H23N3OS. The van der Waals surface area contributed by atoms with Gasteiger partial charge in [0.15, 0.2) is 0 Å². The number of hydrogen-bond acceptors (Lipinski definition) is 5. The smallest absolute Gasteiger partial charge is 0.128 e. The van der Waals surface area contributed by atoms with E-state index in [-0.39, 0.29) is 6.04 Å². The Bertz CT molecular complexity index is 610. The summed E-state index contributed by atoms with van der Waals surface area (Å²) in [7, 11) is 1.72. The number of nitrogens with one attached hydrogen (secondary N) is 1. The van der Waals surface area contributed by atoms with Crippen LogP contribution in [-0.2, 0) is 6.42 Å². The summed E-state index contributed by atoms with van der Waals surface area (Å²) >= 11 is 1.70. The van der Waals surface area contributed by atoms with E-state index in [1.165, 1.54) is 4.88 Å². The summed E-state index contributed by atoms with van der Waals surface area (Å²) < 4.78 is 5.50. The minimum Gasteiger partial charge on any atom is -0.496 e. The van der Waals surface area contributed by atoms with Crippen molar-refractivity contribution >= 4 is 11.3 Å². The Kier molecular flexibility index (Phi) is 5.31. The van der Waals surface area contributed by atoms with E-state index < -0.39 is 0 Å². The van der Waals surface area contributed by atoms with Gasteiger partial charge in [-0.05, 0) is 27.3 Å². The van der Waals surface area contributed by atoms with Crippen molar-refractivity contribution in [1.29, 1.82) is 0 Å². The summed E-state index contributed by atoms with van der Waals surface area (Å²) in [6, 6.07) is 0.251. The van der Waals surface area contributed by atoms with Crippen LogP contribution in [0.1, 0.15) is 40.4 Å². The van der Waals surface area contributed by atoms with Gasteiger partial charge >= 0.3 is 0 Å². The van der Waals surface area contributed by atoms with Crippen LogP contribution in [0.2, 0.25) is 0 Å². The molecular weight excluding hydrogens is 282 g/mol. The van der Waals surface area contributed by atoms with Crippen molar-refractivity contribution in [2.24, 2.45) is 0 Å². The maximum Gasteiger partial charge on any atom is 0.128 e. The zero-order valence-electron chi connectivity index (χ0n) is 13.4. The molecule has 114 valence electrons. The SMILES string of the molecule is CCNC(Cc1ncc(C)c(OC)c1C)c1scnc1C. The van der Waals surface area contributed by atoms with Crippen LogP contribution in [0.15, 0.2) is 11.7 Å². The first kappa shape index (κ1) is 15.9. The Labute approximate surface area is 130 Å². The van der Waals surface area contributed by atoms with Gasteiger partial charge in [0.1, 0.15) is 5.75 Å². The van der Waals surface area contributed by atoms with Gasteiger partial charge in [-0.3, -0.25) is 4.98 Å². The number of aromatic nitrogens is 2. The number of ether oxygens (including phenoxy) is 1. The standard InChI is InChI=1S/C16H23N3OS/c1-6-17-14(16-12(4)19-9-21-16)7-13-11(3)15(20-5)10(2)8-18-13/h8-9,14,17H,6-7H2,1-5H3. The highest BCUT2D eigenvalue weighted by Gasteiger charge is 2.19. The number of pyridine rings is 1. The topological polar surface area (TPSA) is 47.0 Å². The minimum atomic E-state index is 0.251. The molecule has 2 rings (SSSR count). The van der Waals surface area contributed by atoms with Gasteiger partial charge in [0.05, 0.1) is 18.3 Å². The lowest BCUT2D eigenvalue weighted by Gasteiger charge is -2.19. The molecule has 2 aromatic heterocycles. The summed E-state index contributed by atoms with van der Waals surface area (Å²) in [6.45, 7) is 9.21. The van der Waals surface area contributed by atoms with Crippen molar-refractivity contribution < 1.29 is 4.74 Å². The maximum atomic E-state index is 5.50. The van der Waals surface area contributed by atoms with Crippen molar-refractivity contribution in [2.45, 2.75) is 40.2 Å². The molecule has 5 heteroatoms. The van der Waals surface area contributed by atoms with Gasteiger partial charge < -0.3 is 10.1 Å².